The normalized spacial score (nSPS) is 10.4. The summed E-state index contributed by atoms with van der Waals surface area (Å²) in [5, 5.41) is 0. The zero-order valence-electron chi connectivity index (χ0n) is 11.6. The van der Waals surface area contributed by atoms with Crippen LogP contribution in [0.15, 0.2) is 71.3 Å². The van der Waals surface area contributed by atoms with Gasteiger partial charge in [-0.25, -0.2) is 4.98 Å². The predicted molar refractivity (Wildman–Crippen MR) is 88.6 cm³/mol. The standard InChI is InChI=1S/C18H14BrNO/c1-13-11-16(19)12-20-18(13)21-17-9-7-15(8-10-17)14-5-3-2-4-6-14/h2-12H,1H3. The van der Waals surface area contributed by atoms with Gasteiger partial charge in [-0.2, -0.15) is 0 Å². The highest BCUT2D eigenvalue weighted by Gasteiger charge is 2.04. The summed E-state index contributed by atoms with van der Waals surface area (Å²) in [6, 6.07) is 20.3. The van der Waals surface area contributed by atoms with Crippen molar-refractivity contribution in [1.29, 1.82) is 0 Å². The van der Waals surface area contributed by atoms with E-state index in [2.05, 4.69) is 45.2 Å². The van der Waals surface area contributed by atoms with E-state index >= 15 is 0 Å². The maximum Gasteiger partial charge on any atom is 0.222 e. The third kappa shape index (κ3) is 3.31. The highest BCUT2D eigenvalue weighted by Crippen LogP contribution is 2.27. The molecule has 0 radical (unpaired) electrons. The van der Waals surface area contributed by atoms with Crippen LogP contribution in [0.5, 0.6) is 11.6 Å². The van der Waals surface area contributed by atoms with E-state index in [9.17, 15) is 0 Å². The minimum absolute atomic E-state index is 0.630. The molecule has 1 aromatic heterocycles. The lowest BCUT2D eigenvalue weighted by atomic mass is 10.1. The van der Waals surface area contributed by atoms with Gasteiger partial charge >= 0.3 is 0 Å². The van der Waals surface area contributed by atoms with Crippen LogP contribution in [0.1, 0.15) is 5.56 Å². The third-order valence-electron chi connectivity index (χ3n) is 3.17. The molecule has 0 unspecified atom stereocenters. The van der Waals surface area contributed by atoms with E-state index in [1.54, 1.807) is 6.20 Å². The van der Waals surface area contributed by atoms with Gasteiger partial charge in [0, 0.05) is 16.2 Å². The van der Waals surface area contributed by atoms with Crippen molar-refractivity contribution in [3.05, 3.63) is 76.9 Å². The molecule has 0 fully saturated rings. The van der Waals surface area contributed by atoms with E-state index in [4.69, 9.17) is 4.74 Å². The highest BCUT2D eigenvalue weighted by molar-refractivity contribution is 9.10. The van der Waals surface area contributed by atoms with Crippen LogP contribution in [0.2, 0.25) is 0 Å². The first-order valence-corrected chi connectivity index (χ1v) is 7.47. The van der Waals surface area contributed by atoms with E-state index in [1.807, 2.05) is 43.3 Å². The highest BCUT2D eigenvalue weighted by atomic mass is 79.9. The van der Waals surface area contributed by atoms with Crippen LogP contribution < -0.4 is 4.74 Å². The van der Waals surface area contributed by atoms with E-state index in [0.29, 0.717) is 5.88 Å². The van der Waals surface area contributed by atoms with Crippen molar-refractivity contribution in [2.24, 2.45) is 0 Å². The molecule has 0 spiro atoms. The molecule has 0 atom stereocenters. The van der Waals surface area contributed by atoms with Crippen molar-refractivity contribution in [3.63, 3.8) is 0 Å². The first-order chi connectivity index (χ1) is 10.2. The molecule has 104 valence electrons. The average Bonchev–Trinajstić information content (AvgIpc) is 2.52. The molecule has 0 amide bonds. The lowest BCUT2D eigenvalue weighted by molar-refractivity contribution is 0.459. The monoisotopic (exact) mass is 339 g/mol. The van der Waals surface area contributed by atoms with Gasteiger partial charge in [-0.05, 0) is 52.2 Å². The maximum atomic E-state index is 5.82. The van der Waals surface area contributed by atoms with Gasteiger partial charge in [-0.15, -0.1) is 0 Å². The minimum atomic E-state index is 0.630. The van der Waals surface area contributed by atoms with Crippen molar-refractivity contribution in [2.45, 2.75) is 6.92 Å². The van der Waals surface area contributed by atoms with E-state index in [1.165, 1.54) is 11.1 Å². The Kier molecular flexibility index (Phi) is 4.02. The molecule has 3 aromatic rings. The molecule has 0 aliphatic rings. The smallest absolute Gasteiger partial charge is 0.222 e. The predicted octanol–water partition coefficient (Wildman–Crippen LogP) is 5.61. The first kappa shape index (κ1) is 13.8. The summed E-state index contributed by atoms with van der Waals surface area (Å²) in [5.41, 5.74) is 3.36. The van der Waals surface area contributed by atoms with Gasteiger partial charge in [-0.1, -0.05) is 42.5 Å². The molecular formula is C18H14BrNO. The summed E-state index contributed by atoms with van der Waals surface area (Å²) < 4.78 is 6.77. The lowest BCUT2D eigenvalue weighted by Gasteiger charge is -2.08. The van der Waals surface area contributed by atoms with Crippen LogP contribution in [0, 0.1) is 6.92 Å². The number of halogens is 1. The Bertz CT molecular complexity index is 739. The number of hydrogen-bond donors (Lipinski definition) is 0. The van der Waals surface area contributed by atoms with Crippen LogP contribution >= 0.6 is 15.9 Å². The number of aryl methyl sites for hydroxylation is 1. The van der Waals surface area contributed by atoms with E-state index in [-0.39, 0.29) is 0 Å². The van der Waals surface area contributed by atoms with E-state index in [0.717, 1.165) is 15.8 Å². The number of pyridine rings is 1. The van der Waals surface area contributed by atoms with Gasteiger partial charge in [0.25, 0.3) is 0 Å². The number of aromatic nitrogens is 1. The molecule has 1 heterocycles. The Labute approximate surface area is 132 Å². The number of ether oxygens (including phenoxy) is 1. The Balaban J connectivity index is 1.81. The van der Waals surface area contributed by atoms with Gasteiger partial charge in [-0.3, -0.25) is 0 Å². The van der Waals surface area contributed by atoms with Gasteiger partial charge in [0.15, 0.2) is 0 Å². The fraction of sp³-hybridized carbons (Fsp3) is 0.0556. The summed E-state index contributed by atoms with van der Waals surface area (Å²) in [5.74, 6) is 1.42. The molecule has 2 aromatic carbocycles. The lowest BCUT2D eigenvalue weighted by Crippen LogP contribution is -1.91. The second kappa shape index (κ2) is 6.10. The van der Waals surface area contributed by atoms with Crippen LogP contribution in [-0.4, -0.2) is 4.98 Å². The zero-order chi connectivity index (χ0) is 14.7. The molecule has 3 rings (SSSR count). The van der Waals surface area contributed by atoms with Crippen LogP contribution in [-0.2, 0) is 0 Å². The van der Waals surface area contributed by atoms with Crippen molar-refractivity contribution in [3.8, 4) is 22.8 Å². The Morgan fingerprint density at radius 1 is 0.905 bits per heavy atom. The van der Waals surface area contributed by atoms with Gasteiger partial charge in [0.1, 0.15) is 5.75 Å². The SMILES string of the molecule is Cc1cc(Br)cnc1Oc1ccc(-c2ccccc2)cc1. The molecule has 0 saturated heterocycles. The largest absolute Gasteiger partial charge is 0.439 e. The van der Waals surface area contributed by atoms with Gasteiger partial charge in [0.2, 0.25) is 5.88 Å². The molecule has 0 bridgehead atoms. The number of benzene rings is 2. The molecule has 0 aliphatic heterocycles. The number of nitrogens with zero attached hydrogens (tertiary/aromatic N) is 1. The van der Waals surface area contributed by atoms with Crippen LogP contribution in [0.25, 0.3) is 11.1 Å². The van der Waals surface area contributed by atoms with Crippen LogP contribution in [0.3, 0.4) is 0 Å². The molecule has 2 nitrogen and oxygen atoms in total. The first-order valence-electron chi connectivity index (χ1n) is 6.68. The van der Waals surface area contributed by atoms with Gasteiger partial charge in [0.05, 0.1) is 0 Å². The fourth-order valence-electron chi connectivity index (χ4n) is 2.09. The molecule has 3 heteroatoms. The van der Waals surface area contributed by atoms with Gasteiger partial charge < -0.3 is 4.74 Å². The van der Waals surface area contributed by atoms with Crippen molar-refractivity contribution >= 4 is 15.9 Å². The Morgan fingerprint density at radius 2 is 1.57 bits per heavy atom. The summed E-state index contributed by atoms with van der Waals surface area (Å²) in [6.07, 6.45) is 1.74. The minimum Gasteiger partial charge on any atom is -0.439 e. The van der Waals surface area contributed by atoms with Crippen LogP contribution in [0.4, 0.5) is 0 Å². The second-order valence-corrected chi connectivity index (χ2v) is 5.68. The quantitative estimate of drug-likeness (QED) is 0.618. The fourth-order valence-corrected chi connectivity index (χ4v) is 2.54. The molecule has 0 aliphatic carbocycles. The maximum absolute atomic E-state index is 5.82. The summed E-state index contributed by atoms with van der Waals surface area (Å²) >= 11 is 3.40. The molecule has 0 saturated carbocycles. The van der Waals surface area contributed by atoms with Crippen molar-refractivity contribution in [2.75, 3.05) is 0 Å². The van der Waals surface area contributed by atoms with Crippen molar-refractivity contribution < 1.29 is 4.74 Å². The number of hydrogen-bond acceptors (Lipinski definition) is 2. The number of rotatable bonds is 3. The zero-order valence-corrected chi connectivity index (χ0v) is 13.2. The second-order valence-electron chi connectivity index (χ2n) is 4.77. The molecule has 21 heavy (non-hydrogen) atoms. The molecular weight excluding hydrogens is 326 g/mol. The van der Waals surface area contributed by atoms with Crippen molar-refractivity contribution in [1.82, 2.24) is 4.98 Å². The topological polar surface area (TPSA) is 22.1 Å². The average molecular weight is 340 g/mol. The summed E-state index contributed by atoms with van der Waals surface area (Å²) in [6.45, 7) is 1.98. The molecule has 0 N–H and O–H groups in total. The summed E-state index contributed by atoms with van der Waals surface area (Å²) in [7, 11) is 0. The third-order valence-corrected chi connectivity index (χ3v) is 3.61. The van der Waals surface area contributed by atoms with E-state index < -0.39 is 0 Å². The Hall–Kier alpha value is -2.13. The Morgan fingerprint density at radius 3 is 2.24 bits per heavy atom. The summed E-state index contributed by atoms with van der Waals surface area (Å²) in [4.78, 5) is 4.28.